The fourth-order valence-electron chi connectivity index (χ4n) is 1.79. The summed E-state index contributed by atoms with van der Waals surface area (Å²) in [6.45, 7) is 3.91. The Bertz CT molecular complexity index is 507. The number of aromatic nitrogens is 1. The number of rotatable bonds is 3. The van der Waals surface area contributed by atoms with Crippen LogP contribution < -0.4 is 0 Å². The first-order valence-corrected chi connectivity index (χ1v) is 7.03. The van der Waals surface area contributed by atoms with Crippen molar-refractivity contribution in [2.75, 3.05) is 0 Å². The number of aliphatic hydroxyl groups is 1. The highest BCUT2D eigenvalue weighted by Crippen LogP contribution is 2.27. The van der Waals surface area contributed by atoms with Crippen LogP contribution in [0.5, 0.6) is 0 Å². The van der Waals surface area contributed by atoms with Gasteiger partial charge in [-0.1, -0.05) is 28.1 Å². The summed E-state index contributed by atoms with van der Waals surface area (Å²) in [5.41, 5.74) is 2.07. The Hall–Kier alpha value is -0.710. The predicted octanol–water partition coefficient (Wildman–Crippen LogP) is 3.80. The maximum absolute atomic E-state index is 10.2. The van der Waals surface area contributed by atoms with Gasteiger partial charge in [0.1, 0.15) is 0 Å². The maximum Gasteiger partial charge on any atom is 0.0941 e. The van der Waals surface area contributed by atoms with Crippen LogP contribution in [-0.4, -0.2) is 10.1 Å². The largest absolute Gasteiger partial charge is 0.387 e. The molecule has 1 aromatic carbocycles. The molecule has 1 heterocycles. The molecule has 1 unspecified atom stereocenters. The summed E-state index contributed by atoms with van der Waals surface area (Å²) >= 11 is 4.98. The Labute approximate surface area is 113 Å². The molecule has 0 saturated heterocycles. The summed E-state index contributed by atoms with van der Waals surface area (Å²) in [4.78, 5) is 5.32. The van der Waals surface area contributed by atoms with Crippen molar-refractivity contribution < 1.29 is 5.11 Å². The zero-order valence-corrected chi connectivity index (χ0v) is 12.2. The van der Waals surface area contributed by atoms with E-state index in [-0.39, 0.29) is 0 Å². The minimum Gasteiger partial charge on any atom is -0.387 e. The van der Waals surface area contributed by atoms with Crippen molar-refractivity contribution in [2.24, 2.45) is 0 Å². The van der Waals surface area contributed by atoms with Gasteiger partial charge in [0.05, 0.1) is 21.7 Å². The third-order valence-electron chi connectivity index (χ3n) is 2.58. The molecule has 2 aromatic rings. The molecular weight excluding hydrogens is 298 g/mol. The number of aryl methyl sites for hydroxylation is 2. The molecule has 90 valence electrons. The zero-order chi connectivity index (χ0) is 12.4. The smallest absolute Gasteiger partial charge is 0.0941 e. The summed E-state index contributed by atoms with van der Waals surface area (Å²) < 4.78 is 1.06. The molecule has 0 amide bonds. The molecule has 0 saturated carbocycles. The third-order valence-corrected chi connectivity index (χ3v) is 4.29. The van der Waals surface area contributed by atoms with Crippen molar-refractivity contribution in [3.63, 3.8) is 0 Å². The van der Waals surface area contributed by atoms with E-state index in [0.29, 0.717) is 6.42 Å². The zero-order valence-electron chi connectivity index (χ0n) is 9.77. The first kappa shape index (κ1) is 12.7. The van der Waals surface area contributed by atoms with Crippen molar-refractivity contribution in [3.8, 4) is 0 Å². The lowest BCUT2D eigenvalue weighted by Crippen LogP contribution is -2.01. The molecule has 0 radical (unpaired) electrons. The van der Waals surface area contributed by atoms with Crippen LogP contribution >= 0.6 is 27.3 Å². The molecule has 0 spiro atoms. The average Bonchev–Trinajstić information content (AvgIpc) is 2.61. The van der Waals surface area contributed by atoms with Gasteiger partial charge in [0.25, 0.3) is 0 Å². The van der Waals surface area contributed by atoms with Crippen LogP contribution in [0.1, 0.15) is 27.2 Å². The summed E-state index contributed by atoms with van der Waals surface area (Å²) in [6.07, 6.45) is 0.179. The Morgan fingerprint density at radius 1 is 1.29 bits per heavy atom. The highest BCUT2D eigenvalue weighted by molar-refractivity contribution is 9.10. The summed E-state index contributed by atoms with van der Waals surface area (Å²) in [7, 11) is 0. The van der Waals surface area contributed by atoms with E-state index in [0.717, 1.165) is 25.6 Å². The number of aliphatic hydroxyl groups excluding tert-OH is 1. The Kier molecular flexibility index (Phi) is 3.97. The van der Waals surface area contributed by atoms with Crippen LogP contribution in [0.15, 0.2) is 28.7 Å². The fourth-order valence-corrected chi connectivity index (χ4v) is 2.97. The number of nitrogens with zero attached hydrogens (tertiary/aromatic N) is 1. The van der Waals surface area contributed by atoms with Crippen molar-refractivity contribution in [1.82, 2.24) is 4.98 Å². The molecule has 1 atom stereocenters. The molecule has 0 aliphatic rings. The first-order valence-electron chi connectivity index (χ1n) is 5.42. The van der Waals surface area contributed by atoms with Crippen LogP contribution in [0.4, 0.5) is 0 Å². The van der Waals surface area contributed by atoms with E-state index in [1.165, 1.54) is 0 Å². The standard InChI is InChI=1S/C13H14BrNOS/c1-8-13(17-9(2)15-8)12(16)7-10-3-5-11(14)6-4-10/h3-6,12,16H,7H2,1-2H3. The molecule has 1 aromatic heterocycles. The van der Waals surface area contributed by atoms with E-state index in [1.807, 2.05) is 38.1 Å². The molecule has 2 rings (SSSR count). The van der Waals surface area contributed by atoms with Crippen LogP contribution in [0.3, 0.4) is 0 Å². The van der Waals surface area contributed by atoms with Crippen LogP contribution in [0, 0.1) is 13.8 Å². The number of thiazole rings is 1. The molecule has 0 aliphatic heterocycles. The van der Waals surface area contributed by atoms with E-state index >= 15 is 0 Å². The van der Waals surface area contributed by atoms with Gasteiger partial charge in [-0.2, -0.15) is 0 Å². The summed E-state index contributed by atoms with van der Waals surface area (Å²) in [5.74, 6) is 0. The summed E-state index contributed by atoms with van der Waals surface area (Å²) in [5, 5.41) is 11.2. The molecule has 0 fully saturated rings. The van der Waals surface area contributed by atoms with Crippen molar-refractivity contribution in [2.45, 2.75) is 26.4 Å². The van der Waals surface area contributed by atoms with Gasteiger partial charge in [-0.05, 0) is 31.5 Å². The van der Waals surface area contributed by atoms with Crippen LogP contribution in [0.25, 0.3) is 0 Å². The Morgan fingerprint density at radius 2 is 1.94 bits per heavy atom. The topological polar surface area (TPSA) is 33.1 Å². The van der Waals surface area contributed by atoms with E-state index in [4.69, 9.17) is 0 Å². The van der Waals surface area contributed by atoms with E-state index < -0.39 is 6.10 Å². The molecule has 4 heteroatoms. The SMILES string of the molecule is Cc1nc(C)c(C(O)Cc2ccc(Br)cc2)s1. The van der Waals surface area contributed by atoms with Gasteiger partial charge in [0.15, 0.2) is 0 Å². The number of halogens is 1. The third kappa shape index (κ3) is 3.15. The molecule has 0 aliphatic carbocycles. The number of benzene rings is 1. The normalized spacial score (nSPS) is 12.7. The average molecular weight is 312 g/mol. The molecular formula is C13H14BrNOS. The summed E-state index contributed by atoms with van der Waals surface area (Å²) in [6, 6.07) is 8.03. The fraction of sp³-hybridized carbons (Fsp3) is 0.308. The van der Waals surface area contributed by atoms with Gasteiger partial charge in [-0.15, -0.1) is 11.3 Å². The van der Waals surface area contributed by atoms with Gasteiger partial charge in [0.2, 0.25) is 0 Å². The lowest BCUT2D eigenvalue weighted by atomic mass is 10.1. The highest BCUT2D eigenvalue weighted by Gasteiger charge is 2.15. The molecule has 0 bridgehead atoms. The monoisotopic (exact) mass is 311 g/mol. The van der Waals surface area contributed by atoms with Gasteiger partial charge >= 0.3 is 0 Å². The molecule has 2 nitrogen and oxygen atoms in total. The van der Waals surface area contributed by atoms with E-state index in [1.54, 1.807) is 11.3 Å². The van der Waals surface area contributed by atoms with Gasteiger partial charge in [0, 0.05) is 10.9 Å². The van der Waals surface area contributed by atoms with Crippen molar-refractivity contribution in [3.05, 3.63) is 49.9 Å². The lowest BCUT2D eigenvalue weighted by Gasteiger charge is -2.09. The second kappa shape index (κ2) is 5.29. The second-order valence-corrected chi connectivity index (χ2v) is 6.18. The first-order chi connectivity index (χ1) is 8.06. The molecule has 17 heavy (non-hydrogen) atoms. The number of hydrogen-bond donors (Lipinski definition) is 1. The lowest BCUT2D eigenvalue weighted by molar-refractivity contribution is 0.181. The van der Waals surface area contributed by atoms with Gasteiger partial charge < -0.3 is 5.11 Å². The van der Waals surface area contributed by atoms with Gasteiger partial charge in [-0.3, -0.25) is 0 Å². The quantitative estimate of drug-likeness (QED) is 0.935. The molecule has 1 N–H and O–H groups in total. The van der Waals surface area contributed by atoms with E-state index in [2.05, 4.69) is 20.9 Å². The minimum absolute atomic E-state index is 0.456. The number of hydrogen-bond acceptors (Lipinski definition) is 3. The Balaban J connectivity index is 2.14. The highest BCUT2D eigenvalue weighted by atomic mass is 79.9. The van der Waals surface area contributed by atoms with Crippen LogP contribution in [0.2, 0.25) is 0 Å². The van der Waals surface area contributed by atoms with E-state index in [9.17, 15) is 5.11 Å². The predicted molar refractivity (Wildman–Crippen MR) is 74.4 cm³/mol. The van der Waals surface area contributed by atoms with Crippen LogP contribution in [-0.2, 0) is 6.42 Å². The maximum atomic E-state index is 10.2. The minimum atomic E-state index is -0.456. The van der Waals surface area contributed by atoms with Gasteiger partial charge in [-0.25, -0.2) is 4.98 Å². The second-order valence-electron chi connectivity index (χ2n) is 4.03. The van der Waals surface area contributed by atoms with Crippen molar-refractivity contribution >= 4 is 27.3 Å². The Morgan fingerprint density at radius 3 is 2.47 bits per heavy atom. The van der Waals surface area contributed by atoms with Crippen molar-refractivity contribution in [1.29, 1.82) is 0 Å².